The summed E-state index contributed by atoms with van der Waals surface area (Å²) in [5.74, 6) is 6.92. The molecular formula is C17H19N3O2. The fraction of sp³-hybridized carbons (Fsp3) is 0.294. The average molecular weight is 297 g/mol. The fourth-order valence-corrected chi connectivity index (χ4v) is 1.97. The summed E-state index contributed by atoms with van der Waals surface area (Å²) in [7, 11) is 1.85. The number of hydrogen-bond donors (Lipinski definition) is 0. The van der Waals surface area contributed by atoms with Crippen LogP contribution in [0, 0.1) is 16.7 Å². The van der Waals surface area contributed by atoms with Crippen LogP contribution in [0.15, 0.2) is 59.9 Å². The second-order valence-electron chi connectivity index (χ2n) is 4.80. The van der Waals surface area contributed by atoms with Crippen molar-refractivity contribution < 1.29 is 4.74 Å². The molecule has 0 amide bonds. The smallest absolute Gasteiger partial charge is 0.136 e. The van der Waals surface area contributed by atoms with Gasteiger partial charge in [-0.05, 0) is 23.7 Å². The van der Waals surface area contributed by atoms with E-state index in [0.29, 0.717) is 12.6 Å². The Balaban J connectivity index is 1.94. The van der Waals surface area contributed by atoms with Crippen molar-refractivity contribution in [2.75, 3.05) is 13.8 Å². The molecule has 0 spiro atoms. The molecule has 1 atom stereocenters. The normalized spacial score (nSPS) is 16.5. The zero-order valence-electron chi connectivity index (χ0n) is 12.8. The van der Waals surface area contributed by atoms with Crippen LogP contribution in [0.25, 0.3) is 0 Å². The van der Waals surface area contributed by atoms with Crippen LogP contribution in [0.4, 0.5) is 0 Å². The zero-order valence-corrected chi connectivity index (χ0v) is 12.8. The van der Waals surface area contributed by atoms with Crippen molar-refractivity contribution >= 4 is 0 Å². The van der Waals surface area contributed by atoms with Gasteiger partial charge in [-0.2, -0.15) is 0 Å². The van der Waals surface area contributed by atoms with Gasteiger partial charge in [-0.15, -0.1) is 4.91 Å². The van der Waals surface area contributed by atoms with E-state index < -0.39 is 0 Å². The Morgan fingerprint density at radius 1 is 1.32 bits per heavy atom. The Bertz CT molecular complexity index is 614. The molecule has 1 aliphatic heterocycles. The van der Waals surface area contributed by atoms with Gasteiger partial charge in [0, 0.05) is 25.0 Å². The predicted octanol–water partition coefficient (Wildman–Crippen LogP) is 3.07. The molecule has 0 fully saturated rings. The maximum absolute atomic E-state index is 10.4. The summed E-state index contributed by atoms with van der Waals surface area (Å²) in [5, 5.41) is 2.82. The van der Waals surface area contributed by atoms with Gasteiger partial charge in [0.2, 0.25) is 0 Å². The van der Waals surface area contributed by atoms with Gasteiger partial charge in [-0.25, -0.2) is 0 Å². The second-order valence-corrected chi connectivity index (χ2v) is 4.80. The second kappa shape index (κ2) is 8.01. The third kappa shape index (κ3) is 4.21. The lowest BCUT2D eigenvalue weighted by Crippen LogP contribution is -2.25. The van der Waals surface area contributed by atoms with Crippen LogP contribution in [-0.4, -0.2) is 29.7 Å². The summed E-state index contributed by atoms with van der Waals surface area (Å²) < 4.78 is 5.81. The quantitative estimate of drug-likeness (QED) is 0.619. The summed E-state index contributed by atoms with van der Waals surface area (Å²) in [4.78, 5) is 14.1. The molecule has 1 aliphatic rings. The summed E-state index contributed by atoms with van der Waals surface area (Å²) in [6.45, 7) is 2.35. The van der Waals surface area contributed by atoms with Crippen molar-refractivity contribution in [1.82, 2.24) is 9.80 Å². The van der Waals surface area contributed by atoms with E-state index in [1.54, 1.807) is 4.90 Å². The summed E-state index contributed by atoms with van der Waals surface area (Å²) >= 11 is 0. The fourth-order valence-electron chi connectivity index (χ4n) is 1.97. The third-order valence-electron chi connectivity index (χ3n) is 3.23. The minimum atomic E-state index is -0.162. The minimum Gasteiger partial charge on any atom is -0.345 e. The molecule has 5 nitrogen and oxygen atoms in total. The molecule has 1 heterocycles. The molecular weight excluding hydrogens is 278 g/mol. The molecule has 5 heteroatoms. The lowest BCUT2D eigenvalue weighted by atomic mass is 10.2. The first-order chi connectivity index (χ1) is 10.7. The molecule has 22 heavy (non-hydrogen) atoms. The van der Waals surface area contributed by atoms with Crippen molar-refractivity contribution in [3.05, 3.63) is 65.2 Å². The highest BCUT2D eigenvalue weighted by Gasteiger charge is 2.17. The van der Waals surface area contributed by atoms with Crippen LogP contribution in [0.1, 0.15) is 18.9 Å². The Morgan fingerprint density at radius 3 is 2.77 bits per heavy atom. The van der Waals surface area contributed by atoms with Crippen LogP contribution in [-0.2, 0) is 4.74 Å². The molecule has 0 aromatic heterocycles. The lowest BCUT2D eigenvalue weighted by molar-refractivity contribution is 0.0313. The molecule has 0 bridgehead atoms. The lowest BCUT2D eigenvalue weighted by Gasteiger charge is -2.22. The predicted molar refractivity (Wildman–Crippen MR) is 86.0 cm³/mol. The van der Waals surface area contributed by atoms with Gasteiger partial charge in [-0.1, -0.05) is 37.0 Å². The first kappa shape index (κ1) is 15.8. The number of nitrogens with zero attached hydrogens (tertiary/aromatic N) is 3. The van der Waals surface area contributed by atoms with E-state index in [1.165, 1.54) is 6.20 Å². The van der Waals surface area contributed by atoms with Gasteiger partial charge < -0.3 is 14.5 Å². The Labute approximate surface area is 130 Å². The monoisotopic (exact) mass is 297 g/mol. The summed E-state index contributed by atoms with van der Waals surface area (Å²) in [5.41, 5.74) is 0.969. The van der Waals surface area contributed by atoms with E-state index in [2.05, 4.69) is 17.0 Å². The molecule has 0 saturated carbocycles. The molecule has 0 radical (unpaired) electrons. The van der Waals surface area contributed by atoms with E-state index in [9.17, 15) is 4.91 Å². The van der Waals surface area contributed by atoms with E-state index >= 15 is 0 Å². The molecule has 1 aromatic rings. The maximum Gasteiger partial charge on any atom is 0.136 e. The van der Waals surface area contributed by atoms with Crippen LogP contribution in [0.2, 0.25) is 0 Å². The van der Waals surface area contributed by atoms with Crippen molar-refractivity contribution in [3.63, 3.8) is 0 Å². The van der Waals surface area contributed by atoms with E-state index in [0.717, 1.165) is 12.0 Å². The van der Waals surface area contributed by atoms with Crippen molar-refractivity contribution in [2.45, 2.75) is 19.4 Å². The number of benzene rings is 1. The standard InChI is InChI=1S/C17H19N3O2/c1-3-16(10-9-15-7-5-4-6-8-15)22-14-20-12-11-19(2)17(20)13-18-21/h4-8,11-13,16H,3,14H2,1-2H3/b17-13-. The van der Waals surface area contributed by atoms with Gasteiger partial charge >= 0.3 is 0 Å². The highest BCUT2D eigenvalue weighted by atomic mass is 16.5. The minimum absolute atomic E-state index is 0.162. The van der Waals surface area contributed by atoms with E-state index in [-0.39, 0.29) is 6.10 Å². The zero-order chi connectivity index (χ0) is 15.8. The average Bonchev–Trinajstić information content (AvgIpc) is 2.90. The molecule has 114 valence electrons. The summed E-state index contributed by atoms with van der Waals surface area (Å²) in [6.07, 6.45) is 5.58. The largest absolute Gasteiger partial charge is 0.345 e. The van der Waals surface area contributed by atoms with Crippen molar-refractivity contribution in [3.8, 4) is 11.8 Å². The maximum atomic E-state index is 10.4. The number of nitroso groups, excluding NO2 is 1. The van der Waals surface area contributed by atoms with Crippen molar-refractivity contribution in [1.29, 1.82) is 0 Å². The van der Waals surface area contributed by atoms with Gasteiger partial charge in [0.25, 0.3) is 0 Å². The molecule has 0 saturated heterocycles. The van der Waals surface area contributed by atoms with E-state index in [1.807, 2.05) is 61.6 Å². The number of ether oxygens (including phenoxy) is 1. The Hall–Kier alpha value is -2.58. The summed E-state index contributed by atoms with van der Waals surface area (Å²) in [6, 6.07) is 9.81. The van der Waals surface area contributed by atoms with Crippen LogP contribution >= 0.6 is 0 Å². The molecule has 0 N–H and O–H groups in total. The van der Waals surface area contributed by atoms with Crippen LogP contribution in [0.3, 0.4) is 0 Å². The first-order valence-electron chi connectivity index (χ1n) is 7.13. The molecule has 1 aromatic carbocycles. The SMILES string of the molecule is CCC(C#Cc1ccccc1)OCN1C=CN(C)/C1=C/N=O. The topological polar surface area (TPSA) is 45.1 Å². The van der Waals surface area contributed by atoms with Crippen LogP contribution in [0.5, 0.6) is 0 Å². The molecule has 0 aliphatic carbocycles. The number of hydrogen-bond acceptors (Lipinski definition) is 5. The van der Waals surface area contributed by atoms with Gasteiger partial charge in [0.05, 0.1) is 0 Å². The van der Waals surface area contributed by atoms with Gasteiger partial charge in [0.1, 0.15) is 24.9 Å². The first-order valence-corrected chi connectivity index (χ1v) is 7.13. The number of rotatable bonds is 5. The van der Waals surface area contributed by atoms with Crippen molar-refractivity contribution in [2.24, 2.45) is 5.18 Å². The highest BCUT2D eigenvalue weighted by molar-refractivity contribution is 5.34. The van der Waals surface area contributed by atoms with Crippen LogP contribution < -0.4 is 0 Å². The Kier molecular flexibility index (Phi) is 5.75. The van der Waals surface area contributed by atoms with E-state index in [4.69, 9.17) is 4.74 Å². The Morgan fingerprint density at radius 2 is 2.09 bits per heavy atom. The third-order valence-corrected chi connectivity index (χ3v) is 3.23. The van der Waals surface area contributed by atoms with Gasteiger partial charge in [-0.3, -0.25) is 0 Å². The molecule has 2 rings (SSSR count). The molecule has 1 unspecified atom stereocenters. The highest BCUT2D eigenvalue weighted by Crippen LogP contribution is 2.18. The van der Waals surface area contributed by atoms with Gasteiger partial charge in [0.15, 0.2) is 0 Å².